The first-order valence-electron chi connectivity index (χ1n) is 5.29. The van der Waals surface area contributed by atoms with Gasteiger partial charge in [0.05, 0.1) is 10.6 Å². The Bertz CT molecular complexity index is 546. The number of ether oxygens (including phenoxy) is 1. The number of hydrogen-bond donors (Lipinski definition) is 1. The maximum absolute atomic E-state index is 13.7. The Morgan fingerprint density at radius 2 is 2.00 bits per heavy atom. The number of halogens is 6. The molecule has 0 radical (unpaired) electrons. The molecule has 1 amide bonds. The van der Waals surface area contributed by atoms with E-state index in [4.69, 9.17) is 11.6 Å². The van der Waals surface area contributed by atoms with Crippen molar-refractivity contribution in [1.29, 1.82) is 0 Å². The van der Waals surface area contributed by atoms with Gasteiger partial charge in [0.15, 0.2) is 6.61 Å². The zero-order valence-electron chi connectivity index (χ0n) is 9.60. The summed E-state index contributed by atoms with van der Waals surface area (Å²) in [6, 6.07) is 0.646. The van der Waals surface area contributed by atoms with Crippen molar-refractivity contribution in [3.8, 4) is 0 Å². The molecule has 1 N–H and O–H groups in total. The summed E-state index contributed by atoms with van der Waals surface area (Å²) in [4.78, 5) is 11.0. The third kappa shape index (κ3) is 2.65. The molecule has 1 aromatic carbocycles. The summed E-state index contributed by atoms with van der Waals surface area (Å²) in [7, 11) is 0. The van der Waals surface area contributed by atoms with Gasteiger partial charge in [0.1, 0.15) is 6.04 Å². The van der Waals surface area contributed by atoms with E-state index >= 15 is 0 Å². The topological polar surface area (TPSA) is 38.3 Å². The van der Waals surface area contributed by atoms with E-state index in [1.807, 2.05) is 0 Å². The molecule has 0 saturated carbocycles. The third-order valence-electron chi connectivity index (χ3n) is 2.73. The molecule has 1 heterocycles. The van der Waals surface area contributed by atoms with Crippen LogP contribution in [0.4, 0.5) is 26.7 Å². The normalized spacial score (nSPS) is 22.1. The largest absolute Gasteiger partial charge is 0.443 e. The fraction of sp³-hybridized carbons (Fsp3) is 0.364. The van der Waals surface area contributed by atoms with Crippen LogP contribution in [0.25, 0.3) is 0 Å². The first-order chi connectivity index (χ1) is 9.13. The van der Waals surface area contributed by atoms with Crippen molar-refractivity contribution in [2.24, 2.45) is 0 Å². The van der Waals surface area contributed by atoms with E-state index in [1.165, 1.54) is 0 Å². The van der Waals surface area contributed by atoms with Crippen LogP contribution >= 0.6 is 11.6 Å². The maximum Gasteiger partial charge on any atom is 0.417 e. The molecule has 0 spiro atoms. The Morgan fingerprint density at radius 1 is 1.35 bits per heavy atom. The molecule has 110 valence electrons. The predicted molar refractivity (Wildman–Crippen MR) is 58.6 cm³/mol. The van der Waals surface area contributed by atoms with E-state index in [2.05, 4.69) is 4.74 Å². The minimum Gasteiger partial charge on any atom is -0.443 e. The molecule has 0 unspecified atom stereocenters. The molecule has 9 heteroatoms. The van der Waals surface area contributed by atoms with E-state index in [-0.39, 0.29) is 0 Å². The van der Waals surface area contributed by atoms with E-state index in [0.717, 1.165) is 12.1 Å². The summed E-state index contributed by atoms with van der Waals surface area (Å²) in [5.74, 6) is -3.57. The molecule has 1 fully saturated rings. The number of carbonyl (C=O) groups excluding carboxylic acids is 1. The Morgan fingerprint density at radius 3 is 2.60 bits per heavy atom. The highest BCUT2D eigenvalue weighted by Gasteiger charge is 2.48. The van der Waals surface area contributed by atoms with Crippen LogP contribution in [-0.2, 0) is 10.9 Å². The highest BCUT2D eigenvalue weighted by Crippen LogP contribution is 2.42. The molecule has 0 aromatic heterocycles. The standard InChI is InChI=1S/C11H7ClF5NO2/c12-7-5(2-1-3-6(7)11(15,16)17)8-10(13,14)4-20-9(19)18-8/h1-3,8H,4H2,(H,18,19)/t8-/m1/s1. The number of amides is 1. The number of alkyl carbamates (subject to hydrolysis) is 1. The second-order valence-corrected chi connectivity index (χ2v) is 4.50. The van der Waals surface area contributed by atoms with Crippen molar-refractivity contribution < 1.29 is 31.5 Å². The van der Waals surface area contributed by atoms with Gasteiger partial charge in [-0.2, -0.15) is 13.2 Å². The lowest BCUT2D eigenvalue weighted by Crippen LogP contribution is -2.49. The van der Waals surface area contributed by atoms with Crippen LogP contribution in [0.1, 0.15) is 17.2 Å². The van der Waals surface area contributed by atoms with Crippen LogP contribution in [0.15, 0.2) is 18.2 Å². The number of benzene rings is 1. The van der Waals surface area contributed by atoms with Gasteiger partial charge in [0.2, 0.25) is 0 Å². The van der Waals surface area contributed by atoms with Gasteiger partial charge >= 0.3 is 18.2 Å². The summed E-state index contributed by atoms with van der Waals surface area (Å²) in [6.45, 7) is -1.23. The average Bonchev–Trinajstić information content (AvgIpc) is 2.31. The summed E-state index contributed by atoms with van der Waals surface area (Å²) >= 11 is 5.56. The van der Waals surface area contributed by atoms with Gasteiger partial charge in [-0.05, 0) is 11.6 Å². The molecule has 1 aromatic rings. The van der Waals surface area contributed by atoms with Gasteiger partial charge in [-0.1, -0.05) is 23.7 Å². The SMILES string of the molecule is O=C1N[C@H](c2cccc(C(F)(F)F)c2Cl)C(F)(F)CO1. The first-order valence-corrected chi connectivity index (χ1v) is 5.67. The van der Waals surface area contributed by atoms with Crippen molar-refractivity contribution >= 4 is 17.7 Å². The number of carbonyl (C=O) groups is 1. The summed E-state index contributed by atoms with van der Waals surface area (Å²) < 4.78 is 69.5. The van der Waals surface area contributed by atoms with E-state index in [0.29, 0.717) is 6.07 Å². The van der Waals surface area contributed by atoms with Crippen molar-refractivity contribution in [3.63, 3.8) is 0 Å². The fourth-order valence-electron chi connectivity index (χ4n) is 1.81. The molecule has 2 rings (SSSR count). The van der Waals surface area contributed by atoms with Gasteiger partial charge in [-0.3, -0.25) is 0 Å². The van der Waals surface area contributed by atoms with Crippen molar-refractivity contribution in [2.45, 2.75) is 18.1 Å². The highest BCUT2D eigenvalue weighted by molar-refractivity contribution is 6.32. The van der Waals surface area contributed by atoms with Crippen molar-refractivity contribution in [1.82, 2.24) is 5.32 Å². The van der Waals surface area contributed by atoms with Crippen LogP contribution in [-0.4, -0.2) is 18.6 Å². The number of alkyl halides is 5. The summed E-state index contributed by atoms with van der Waals surface area (Å²) in [5, 5.41) is 0.911. The smallest absolute Gasteiger partial charge is 0.417 e. The van der Waals surface area contributed by atoms with Crippen LogP contribution in [0.3, 0.4) is 0 Å². The fourth-order valence-corrected chi connectivity index (χ4v) is 2.15. The molecule has 1 atom stereocenters. The molecule has 1 saturated heterocycles. The minimum atomic E-state index is -4.78. The number of rotatable bonds is 1. The quantitative estimate of drug-likeness (QED) is 0.801. The Balaban J connectivity index is 2.49. The first kappa shape index (κ1) is 14.8. The van der Waals surface area contributed by atoms with Crippen molar-refractivity contribution in [3.05, 3.63) is 34.3 Å². The molecule has 1 aliphatic heterocycles. The molecule has 3 nitrogen and oxygen atoms in total. The number of nitrogens with one attached hydrogen (secondary N) is 1. The van der Waals surface area contributed by atoms with Crippen LogP contribution in [0.2, 0.25) is 5.02 Å². The molecule has 1 aliphatic rings. The summed E-state index contributed by atoms with van der Waals surface area (Å²) in [5.41, 5.74) is -1.75. The van der Waals surface area contributed by atoms with E-state index in [1.54, 1.807) is 5.32 Å². The molecule has 20 heavy (non-hydrogen) atoms. The highest BCUT2D eigenvalue weighted by atomic mass is 35.5. The van der Waals surface area contributed by atoms with Gasteiger partial charge in [0, 0.05) is 0 Å². The van der Waals surface area contributed by atoms with Crippen LogP contribution in [0.5, 0.6) is 0 Å². The zero-order chi connectivity index (χ0) is 15.1. The predicted octanol–water partition coefficient (Wildman–Crippen LogP) is 3.78. The lowest BCUT2D eigenvalue weighted by atomic mass is 9.98. The number of hydrogen-bond acceptors (Lipinski definition) is 2. The van der Waals surface area contributed by atoms with Crippen LogP contribution < -0.4 is 5.32 Å². The van der Waals surface area contributed by atoms with Crippen molar-refractivity contribution in [2.75, 3.05) is 6.61 Å². The Kier molecular flexibility index (Phi) is 3.53. The minimum absolute atomic E-state index is 0.511. The van der Waals surface area contributed by atoms with Gasteiger partial charge in [-0.15, -0.1) is 0 Å². The van der Waals surface area contributed by atoms with Gasteiger partial charge < -0.3 is 10.1 Å². The van der Waals surface area contributed by atoms with E-state index < -0.39 is 47.0 Å². The molecule has 0 bridgehead atoms. The third-order valence-corrected chi connectivity index (χ3v) is 3.15. The van der Waals surface area contributed by atoms with E-state index in [9.17, 15) is 26.7 Å². The van der Waals surface area contributed by atoms with Gasteiger partial charge in [0.25, 0.3) is 0 Å². The lowest BCUT2D eigenvalue weighted by molar-refractivity contribution is -0.137. The lowest BCUT2D eigenvalue weighted by Gasteiger charge is -2.32. The molecular formula is C11H7ClF5NO2. The second-order valence-electron chi connectivity index (χ2n) is 4.12. The Labute approximate surface area is 114 Å². The molecule has 0 aliphatic carbocycles. The van der Waals surface area contributed by atoms with Gasteiger partial charge in [-0.25, -0.2) is 13.6 Å². The molecular weight excluding hydrogens is 309 g/mol. The van der Waals surface area contributed by atoms with Crippen LogP contribution in [0, 0.1) is 0 Å². The summed E-state index contributed by atoms with van der Waals surface area (Å²) in [6.07, 6.45) is -5.92. The number of cyclic esters (lactones) is 1. The zero-order valence-corrected chi connectivity index (χ0v) is 10.4. The maximum atomic E-state index is 13.7. The monoisotopic (exact) mass is 315 g/mol. The second kappa shape index (κ2) is 4.76. The average molecular weight is 316 g/mol. The Hall–Kier alpha value is -1.57.